The van der Waals surface area contributed by atoms with Gasteiger partial charge in [0.1, 0.15) is 0 Å². The Labute approximate surface area is 128 Å². The van der Waals surface area contributed by atoms with Crippen molar-refractivity contribution < 1.29 is 9.53 Å². The smallest absolute Gasteiger partial charge is 0.227 e. The lowest BCUT2D eigenvalue weighted by Crippen LogP contribution is -2.43. The molecule has 0 N–H and O–H groups in total. The Bertz CT molecular complexity index is 355. The summed E-state index contributed by atoms with van der Waals surface area (Å²) in [6, 6.07) is 1.08. The number of amides is 1. The zero-order chi connectivity index (χ0) is 14.7. The highest BCUT2D eigenvalue weighted by Crippen LogP contribution is 2.30. The molecule has 21 heavy (non-hydrogen) atoms. The van der Waals surface area contributed by atoms with E-state index < -0.39 is 0 Å². The van der Waals surface area contributed by atoms with Gasteiger partial charge in [0, 0.05) is 26.2 Å². The number of carbonyl (C=O) groups excluding carboxylic acids is 1. The van der Waals surface area contributed by atoms with Crippen molar-refractivity contribution in [3.63, 3.8) is 0 Å². The Morgan fingerprint density at radius 2 is 1.86 bits per heavy atom. The van der Waals surface area contributed by atoms with Crippen LogP contribution in [-0.2, 0) is 9.53 Å². The molecule has 4 nitrogen and oxygen atoms in total. The summed E-state index contributed by atoms with van der Waals surface area (Å²) in [6.07, 6.45) is 10.2. The first-order chi connectivity index (χ1) is 10.3. The zero-order valence-corrected chi connectivity index (χ0v) is 13.4. The lowest BCUT2D eigenvalue weighted by atomic mass is 9.94. The van der Waals surface area contributed by atoms with Crippen LogP contribution in [0.25, 0.3) is 0 Å². The first-order valence-corrected chi connectivity index (χ1v) is 8.83. The van der Waals surface area contributed by atoms with E-state index in [0.717, 1.165) is 44.9 Å². The van der Waals surface area contributed by atoms with Crippen molar-refractivity contribution in [3.05, 3.63) is 0 Å². The maximum atomic E-state index is 12.8. The highest BCUT2D eigenvalue weighted by Gasteiger charge is 2.38. The summed E-state index contributed by atoms with van der Waals surface area (Å²) in [5.41, 5.74) is 0. The van der Waals surface area contributed by atoms with Gasteiger partial charge in [-0.25, -0.2) is 0 Å². The van der Waals surface area contributed by atoms with Gasteiger partial charge in [0.25, 0.3) is 0 Å². The van der Waals surface area contributed by atoms with E-state index in [0.29, 0.717) is 18.6 Å². The van der Waals surface area contributed by atoms with Gasteiger partial charge >= 0.3 is 0 Å². The summed E-state index contributed by atoms with van der Waals surface area (Å²) in [6.45, 7) is 3.77. The van der Waals surface area contributed by atoms with Gasteiger partial charge in [-0.1, -0.05) is 19.3 Å². The summed E-state index contributed by atoms with van der Waals surface area (Å²) in [4.78, 5) is 17.5. The lowest BCUT2D eigenvalue weighted by Gasteiger charge is -2.31. The Morgan fingerprint density at radius 1 is 1.05 bits per heavy atom. The molecule has 0 aromatic carbocycles. The first kappa shape index (κ1) is 15.3. The van der Waals surface area contributed by atoms with E-state index in [1.54, 1.807) is 7.11 Å². The second-order valence-electron chi connectivity index (χ2n) is 7.06. The quantitative estimate of drug-likeness (QED) is 0.797. The maximum Gasteiger partial charge on any atom is 0.227 e. The second-order valence-corrected chi connectivity index (χ2v) is 7.06. The third-order valence-corrected chi connectivity index (χ3v) is 5.68. The molecule has 3 fully saturated rings. The van der Waals surface area contributed by atoms with E-state index in [4.69, 9.17) is 4.74 Å². The second kappa shape index (κ2) is 7.10. The molecule has 4 heteroatoms. The molecule has 2 saturated heterocycles. The van der Waals surface area contributed by atoms with Crippen molar-refractivity contribution >= 4 is 5.91 Å². The molecule has 0 aromatic heterocycles. The number of hydrogen-bond donors (Lipinski definition) is 0. The predicted octanol–water partition coefficient (Wildman–Crippen LogP) is 2.28. The molecular weight excluding hydrogens is 264 g/mol. The Balaban J connectivity index is 1.54. The number of carbonyl (C=O) groups is 1. The Morgan fingerprint density at radius 3 is 2.62 bits per heavy atom. The Kier molecular flexibility index (Phi) is 5.17. The van der Waals surface area contributed by atoms with Gasteiger partial charge in [-0.3, -0.25) is 9.69 Å². The van der Waals surface area contributed by atoms with Crippen LogP contribution in [0.3, 0.4) is 0 Å². The minimum Gasteiger partial charge on any atom is -0.383 e. The van der Waals surface area contributed by atoms with Gasteiger partial charge in [-0.2, -0.15) is 0 Å². The average molecular weight is 294 g/mol. The van der Waals surface area contributed by atoms with Crippen LogP contribution >= 0.6 is 0 Å². The van der Waals surface area contributed by atoms with Crippen LogP contribution in [0.1, 0.15) is 51.4 Å². The van der Waals surface area contributed by atoms with Crippen molar-refractivity contribution in [2.75, 3.05) is 33.4 Å². The van der Waals surface area contributed by atoms with Crippen LogP contribution in [0, 0.1) is 5.92 Å². The van der Waals surface area contributed by atoms with Crippen LogP contribution in [0.5, 0.6) is 0 Å². The summed E-state index contributed by atoms with van der Waals surface area (Å²) >= 11 is 0. The highest BCUT2D eigenvalue weighted by atomic mass is 16.5. The molecule has 2 aliphatic heterocycles. The van der Waals surface area contributed by atoms with Crippen molar-refractivity contribution in [2.24, 2.45) is 5.92 Å². The molecule has 0 radical (unpaired) electrons. The summed E-state index contributed by atoms with van der Waals surface area (Å²) in [5.74, 6) is 0.636. The van der Waals surface area contributed by atoms with E-state index in [-0.39, 0.29) is 5.92 Å². The average Bonchev–Trinajstić information content (AvgIpc) is 3.17. The summed E-state index contributed by atoms with van der Waals surface area (Å²) in [5, 5.41) is 0. The first-order valence-electron chi connectivity index (χ1n) is 8.83. The molecule has 3 rings (SSSR count). The number of hydrogen-bond acceptors (Lipinski definition) is 3. The normalized spacial score (nSPS) is 32.0. The molecular formula is C17H30N2O2. The number of nitrogens with zero attached hydrogens (tertiary/aromatic N) is 2. The molecule has 1 aliphatic carbocycles. The van der Waals surface area contributed by atoms with Gasteiger partial charge in [0.2, 0.25) is 5.91 Å². The van der Waals surface area contributed by atoms with Crippen LogP contribution < -0.4 is 0 Å². The van der Waals surface area contributed by atoms with E-state index in [9.17, 15) is 4.79 Å². The third kappa shape index (κ3) is 3.42. The molecule has 0 spiro atoms. The van der Waals surface area contributed by atoms with Crippen molar-refractivity contribution in [1.82, 2.24) is 9.80 Å². The predicted molar refractivity (Wildman–Crippen MR) is 83.2 cm³/mol. The fourth-order valence-corrected chi connectivity index (χ4v) is 4.49. The van der Waals surface area contributed by atoms with Crippen LogP contribution in [0.2, 0.25) is 0 Å². The molecule has 2 heterocycles. The highest BCUT2D eigenvalue weighted by molar-refractivity contribution is 5.80. The topological polar surface area (TPSA) is 32.8 Å². The fourth-order valence-electron chi connectivity index (χ4n) is 4.49. The SMILES string of the molecule is COCC1CCCN1C(=O)[C@H]1CCN(C2CCCCC2)C1. The van der Waals surface area contributed by atoms with Gasteiger partial charge in [0.05, 0.1) is 18.6 Å². The van der Waals surface area contributed by atoms with Gasteiger partial charge in [-0.05, 0) is 38.6 Å². The van der Waals surface area contributed by atoms with Crippen LogP contribution in [0.4, 0.5) is 0 Å². The third-order valence-electron chi connectivity index (χ3n) is 5.68. The molecule has 1 amide bonds. The molecule has 0 aromatic rings. The molecule has 2 atom stereocenters. The van der Waals surface area contributed by atoms with E-state index in [1.807, 2.05) is 0 Å². The fraction of sp³-hybridized carbons (Fsp3) is 0.941. The minimum atomic E-state index is 0.240. The lowest BCUT2D eigenvalue weighted by molar-refractivity contribution is -0.136. The molecule has 3 aliphatic rings. The van der Waals surface area contributed by atoms with Crippen molar-refractivity contribution in [3.8, 4) is 0 Å². The maximum absolute atomic E-state index is 12.8. The molecule has 120 valence electrons. The van der Waals surface area contributed by atoms with Crippen LogP contribution in [0.15, 0.2) is 0 Å². The monoisotopic (exact) mass is 294 g/mol. The number of ether oxygens (including phenoxy) is 1. The standard InChI is InChI=1S/C17H30N2O2/c1-21-13-16-8-5-10-19(16)17(20)14-9-11-18(12-14)15-6-3-2-4-7-15/h14-16H,2-13H2,1H3/t14-,16?/m0/s1. The van der Waals surface area contributed by atoms with Crippen LogP contribution in [-0.4, -0.2) is 61.1 Å². The van der Waals surface area contributed by atoms with Gasteiger partial charge in [0.15, 0.2) is 0 Å². The Hall–Kier alpha value is -0.610. The number of rotatable bonds is 4. The van der Waals surface area contributed by atoms with Gasteiger partial charge < -0.3 is 9.64 Å². The molecule has 1 unspecified atom stereocenters. The number of methoxy groups -OCH3 is 1. The van der Waals surface area contributed by atoms with E-state index in [1.165, 1.54) is 32.1 Å². The molecule has 0 bridgehead atoms. The zero-order valence-electron chi connectivity index (χ0n) is 13.4. The van der Waals surface area contributed by atoms with Crippen molar-refractivity contribution in [2.45, 2.75) is 63.5 Å². The van der Waals surface area contributed by atoms with Crippen molar-refractivity contribution in [1.29, 1.82) is 0 Å². The van der Waals surface area contributed by atoms with E-state index >= 15 is 0 Å². The number of likely N-dealkylation sites (tertiary alicyclic amines) is 2. The van der Waals surface area contributed by atoms with Gasteiger partial charge in [-0.15, -0.1) is 0 Å². The minimum absolute atomic E-state index is 0.240. The summed E-state index contributed by atoms with van der Waals surface area (Å²) in [7, 11) is 1.74. The van der Waals surface area contributed by atoms with E-state index in [2.05, 4.69) is 9.80 Å². The largest absolute Gasteiger partial charge is 0.383 e. The summed E-state index contributed by atoms with van der Waals surface area (Å²) < 4.78 is 5.28. The molecule has 1 saturated carbocycles.